The van der Waals surface area contributed by atoms with E-state index in [1.807, 2.05) is 0 Å². The molecule has 0 aromatic carbocycles. The van der Waals surface area contributed by atoms with Gasteiger partial charge in [-0.15, -0.1) is 0 Å². The van der Waals surface area contributed by atoms with Crippen molar-refractivity contribution in [3.63, 3.8) is 0 Å². The van der Waals surface area contributed by atoms with Gasteiger partial charge >= 0.3 is 23.6 Å². The molecule has 0 bridgehead atoms. The van der Waals surface area contributed by atoms with Crippen LogP contribution in [0.3, 0.4) is 0 Å². The van der Waals surface area contributed by atoms with Crippen LogP contribution in [0.5, 0.6) is 0 Å². The highest BCUT2D eigenvalue weighted by atomic mass is 16.7. The lowest BCUT2D eigenvalue weighted by molar-refractivity contribution is -0.165. The summed E-state index contributed by atoms with van der Waals surface area (Å²) in [5.74, 6) is -1.80. The first-order valence-corrected chi connectivity index (χ1v) is 9.34. The van der Waals surface area contributed by atoms with Gasteiger partial charge in [0.25, 0.3) is 0 Å². The van der Waals surface area contributed by atoms with Gasteiger partial charge in [-0.05, 0) is 24.8 Å². The van der Waals surface area contributed by atoms with Crippen molar-refractivity contribution in [2.24, 2.45) is 5.92 Å². The zero-order chi connectivity index (χ0) is 21.3. The van der Waals surface area contributed by atoms with Crippen LogP contribution in [0.4, 0.5) is 5.82 Å². The van der Waals surface area contributed by atoms with Gasteiger partial charge in [0.1, 0.15) is 12.7 Å². The molecule has 1 aliphatic carbocycles. The van der Waals surface area contributed by atoms with Gasteiger partial charge < -0.3 is 18.9 Å². The first kappa shape index (κ1) is 20.0. The van der Waals surface area contributed by atoms with Gasteiger partial charge in [0, 0.05) is 24.8 Å². The van der Waals surface area contributed by atoms with E-state index in [9.17, 15) is 19.2 Å². The topological polar surface area (TPSA) is 155 Å². The average molecular weight is 421 g/mol. The third-order valence-corrected chi connectivity index (χ3v) is 4.93. The molecule has 2 N–H and O–H groups in total. The normalized spacial score (nSPS) is 29.1. The minimum Gasteiger partial charge on any atom is -0.463 e. The number of carbonyl (C=O) groups is 3. The Balaban J connectivity index is 1.58. The molecule has 30 heavy (non-hydrogen) atoms. The Morgan fingerprint density at radius 2 is 1.90 bits per heavy atom. The monoisotopic (exact) mass is 421 g/mol. The van der Waals surface area contributed by atoms with Crippen LogP contribution in [-0.2, 0) is 33.3 Å². The Morgan fingerprint density at radius 3 is 2.53 bits per heavy atom. The van der Waals surface area contributed by atoms with Crippen LogP contribution >= 0.6 is 0 Å². The molecule has 0 spiro atoms. The summed E-state index contributed by atoms with van der Waals surface area (Å²) in [5, 5.41) is 8.89. The largest absolute Gasteiger partial charge is 0.463 e. The molecule has 2 aliphatic heterocycles. The molecule has 1 aromatic rings. The fourth-order valence-electron chi connectivity index (χ4n) is 3.28. The molecule has 0 unspecified atom stereocenters. The van der Waals surface area contributed by atoms with E-state index in [2.05, 4.69) is 4.98 Å². The zero-order valence-electron chi connectivity index (χ0n) is 15.6. The molecule has 4 rings (SSSR count). The third kappa shape index (κ3) is 4.33. The van der Waals surface area contributed by atoms with Gasteiger partial charge in [0.2, 0.25) is 0 Å². The highest BCUT2D eigenvalue weighted by Gasteiger charge is 2.51. The van der Waals surface area contributed by atoms with Gasteiger partial charge in [-0.25, -0.2) is 14.4 Å². The van der Waals surface area contributed by atoms with Crippen molar-refractivity contribution in [2.75, 3.05) is 12.1 Å². The molecule has 12 nitrogen and oxygen atoms in total. The van der Waals surface area contributed by atoms with Gasteiger partial charge in [-0.1, -0.05) is 0 Å². The van der Waals surface area contributed by atoms with E-state index >= 15 is 0 Å². The summed E-state index contributed by atoms with van der Waals surface area (Å²) in [6.45, 7) is -0.254. The minimum atomic E-state index is -1.20. The Morgan fingerprint density at radius 1 is 1.20 bits per heavy atom. The van der Waals surface area contributed by atoms with Gasteiger partial charge in [0.15, 0.2) is 24.3 Å². The molecular formula is C18H19N3O9. The van der Waals surface area contributed by atoms with Crippen molar-refractivity contribution in [1.29, 1.82) is 0 Å². The van der Waals surface area contributed by atoms with Crippen LogP contribution in [0, 0.1) is 5.92 Å². The number of esters is 3. The van der Waals surface area contributed by atoms with E-state index in [0.717, 1.165) is 29.6 Å². The van der Waals surface area contributed by atoms with Crippen LogP contribution in [0.2, 0.25) is 0 Å². The number of ether oxygens (including phenoxy) is 4. The molecule has 3 heterocycles. The number of nitrogens with one attached hydrogen (secondary N) is 1. The second-order valence-corrected chi connectivity index (χ2v) is 7.15. The van der Waals surface area contributed by atoms with Crippen molar-refractivity contribution in [3.8, 4) is 0 Å². The molecule has 1 saturated carbocycles. The number of nitrogens with zero attached hydrogens (tertiary/aromatic N) is 2. The number of fused-ring (bicyclic) bond motifs is 1. The number of hydrogen-bond acceptors (Lipinski definition) is 11. The van der Waals surface area contributed by atoms with Crippen LogP contribution in [0.15, 0.2) is 29.2 Å². The molecule has 0 radical (unpaired) electrons. The predicted molar refractivity (Wildman–Crippen MR) is 95.0 cm³/mol. The lowest BCUT2D eigenvalue weighted by Crippen LogP contribution is -2.43. The minimum absolute atomic E-state index is 0.0969. The van der Waals surface area contributed by atoms with Crippen molar-refractivity contribution in [3.05, 3.63) is 34.9 Å². The summed E-state index contributed by atoms with van der Waals surface area (Å²) in [5.41, 5.74) is 0.933. The standard InChI is InChI=1S/C18H19N3O9/c22-12-3-4-13(23)30-16-15(29-12)10(8-27-14(24)7-9-1-2-9)28-17(16)21-6-5-11(20-26)19-18(21)25/h3-6,9-10,15-17,26H,1-2,7-8H2,(H,19,20,25)/b4-3-/t10-,15-,16-,17-/m1/s1. The number of hydrogen-bond donors (Lipinski definition) is 2. The summed E-state index contributed by atoms with van der Waals surface area (Å²) >= 11 is 0. The molecule has 4 atom stereocenters. The van der Waals surface area contributed by atoms with E-state index in [0.29, 0.717) is 12.3 Å². The smallest absolute Gasteiger partial charge is 0.351 e. The van der Waals surface area contributed by atoms with Crippen molar-refractivity contribution in [1.82, 2.24) is 9.55 Å². The first-order valence-electron chi connectivity index (χ1n) is 9.34. The maximum atomic E-state index is 12.3. The van der Waals surface area contributed by atoms with Crippen LogP contribution in [0.1, 0.15) is 25.5 Å². The van der Waals surface area contributed by atoms with Crippen molar-refractivity contribution in [2.45, 2.75) is 43.8 Å². The molecule has 1 aromatic heterocycles. The van der Waals surface area contributed by atoms with Gasteiger partial charge in [-0.2, -0.15) is 4.98 Å². The number of carbonyl (C=O) groups excluding carboxylic acids is 3. The molecule has 0 amide bonds. The summed E-state index contributed by atoms with van der Waals surface area (Å²) in [6.07, 6.45) is 0.857. The number of rotatable bonds is 6. The highest BCUT2D eigenvalue weighted by Crippen LogP contribution is 2.35. The maximum absolute atomic E-state index is 12.3. The van der Waals surface area contributed by atoms with E-state index in [1.165, 1.54) is 12.3 Å². The molecule has 1 saturated heterocycles. The summed E-state index contributed by atoms with van der Waals surface area (Å²) in [6, 6.07) is 1.29. The summed E-state index contributed by atoms with van der Waals surface area (Å²) in [4.78, 5) is 51.8. The highest BCUT2D eigenvalue weighted by molar-refractivity contribution is 5.92. The fraction of sp³-hybridized carbons (Fsp3) is 0.500. The SMILES string of the molecule is O=C1/C=C\C(=O)O[C@H]2[C@@H](O1)[C@H](n1ccc(NO)nc1=O)O[C@@H]2COC(=O)CC1CC1. The van der Waals surface area contributed by atoms with E-state index in [-0.39, 0.29) is 12.4 Å². The van der Waals surface area contributed by atoms with Crippen LogP contribution in [-0.4, -0.2) is 57.6 Å². The quantitative estimate of drug-likeness (QED) is 0.352. The summed E-state index contributed by atoms with van der Waals surface area (Å²) < 4.78 is 22.7. The first-order chi connectivity index (χ1) is 14.4. The van der Waals surface area contributed by atoms with E-state index in [1.54, 1.807) is 5.48 Å². The molecule has 3 aliphatic rings. The predicted octanol–water partition coefficient (Wildman–Crippen LogP) is -0.322. The second kappa shape index (κ2) is 8.24. The zero-order valence-corrected chi connectivity index (χ0v) is 15.6. The maximum Gasteiger partial charge on any atom is 0.351 e. The Kier molecular flexibility index (Phi) is 5.50. The van der Waals surface area contributed by atoms with Crippen molar-refractivity contribution >= 4 is 23.7 Å². The Hall–Kier alpha value is -3.25. The molecule has 2 fully saturated rings. The Labute approximate surface area is 169 Å². The molecular weight excluding hydrogens is 402 g/mol. The molecule has 160 valence electrons. The second-order valence-electron chi connectivity index (χ2n) is 7.15. The third-order valence-electron chi connectivity index (χ3n) is 4.93. The fourth-order valence-corrected chi connectivity index (χ4v) is 3.28. The number of anilines is 1. The number of aromatic nitrogens is 2. The van der Waals surface area contributed by atoms with Gasteiger partial charge in [0.05, 0.1) is 0 Å². The lowest BCUT2D eigenvalue weighted by atomic mass is 10.1. The lowest BCUT2D eigenvalue weighted by Gasteiger charge is -2.25. The summed E-state index contributed by atoms with van der Waals surface area (Å²) in [7, 11) is 0. The van der Waals surface area contributed by atoms with Crippen molar-refractivity contribution < 1.29 is 38.5 Å². The van der Waals surface area contributed by atoms with Crippen LogP contribution in [0.25, 0.3) is 0 Å². The van der Waals surface area contributed by atoms with Crippen LogP contribution < -0.4 is 11.2 Å². The van der Waals surface area contributed by atoms with Gasteiger partial charge in [-0.3, -0.25) is 20.0 Å². The van der Waals surface area contributed by atoms with E-state index in [4.69, 9.17) is 24.2 Å². The molecule has 12 heteroatoms. The average Bonchev–Trinajstić information content (AvgIpc) is 3.47. The van der Waals surface area contributed by atoms with E-state index < -0.39 is 48.1 Å². The Bertz CT molecular complexity index is 939.